The molecule has 0 heterocycles. The zero-order valence-corrected chi connectivity index (χ0v) is 12.2. The highest BCUT2D eigenvalue weighted by atomic mass is 15.2. The lowest BCUT2D eigenvalue weighted by atomic mass is 10.1. The minimum atomic E-state index is 0.646. The van der Waals surface area contributed by atoms with Crippen LogP contribution in [0.2, 0.25) is 0 Å². The van der Waals surface area contributed by atoms with E-state index in [2.05, 4.69) is 51.8 Å². The van der Waals surface area contributed by atoms with Gasteiger partial charge in [0.1, 0.15) is 0 Å². The number of nitrogens with zero attached hydrogens (tertiary/aromatic N) is 1. The maximum atomic E-state index is 3.67. The molecule has 0 aliphatic rings. The highest BCUT2D eigenvalue weighted by molar-refractivity contribution is 4.70. The summed E-state index contributed by atoms with van der Waals surface area (Å²) in [6.07, 6.45) is 3.83. The van der Waals surface area contributed by atoms with Crippen LogP contribution in [0.4, 0.5) is 0 Å². The molecule has 0 aromatic rings. The molecule has 0 aliphatic carbocycles. The molecule has 0 aromatic carbocycles. The third-order valence-corrected chi connectivity index (χ3v) is 3.26. The third-order valence-electron chi connectivity index (χ3n) is 3.26. The Balaban J connectivity index is 3.84. The molecular weight excluding hydrogens is 196 g/mol. The quantitative estimate of drug-likeness (QED) is 0.651. The highest BCUT2D eigenvalue weighted by Crippen LogP contribution is 2.04. The van der Waals surface area contributed by atoms with Crippen LogP contribution in [0, 0.1) is 0 Å². The molecule has 0 radical (unpaired) electrons. The zero-order chi connectivity index (χ0) is 12.6. The lowest BCUT2D eigenvalue weighted by molar-refractivity contribution is 0.173. The molecule has 0 bridgehead atoms. The van der Waals surface area contributed by atoms with E-state index in [9.17, 15) is 0 Å². The predicted octanol–water partition coefficient (Wildman–Crippen LogP) is 3.27. The van der Waals surface area contributed by atoms with E-state index in [1.807, 2.05) is 0 Å². The predicted molar refractivity (Wildman–Crippen MR) is 74.0 cm³/mol. The second kappa shape index (κ2) is 9.00. The van der Waals surface area contributed by atoms with Crippen molar-refractivity contribution in [2.75, 3.05) is 13.1 Å². The van der Waals surface area contributed by atoms with Crippen molar-refractivity contribution in [1.29, 1.82) is 0 Å². The van der Waals surface area contributed by atoms with E-state index < -0.39 is 0 Å². The van der Waals surface area contributed by atoms with Crippen LogP contribution < -0.4 is 5.32 Å². The Hall–Kier alpha value is -0.0800. The van der Waals surface area contributed by atoms with Crippen LogP contribution in [0.1, 0.15) is 60.8 Å². The highest BCUT2D eigenvalue weighted by Gasteiger charge is 2.13. The molecule has 0 fully saturated rings. The summed E-state index contributed by atoms with van der Waals surface area (Å²) in [5.41, 5.74) is 0. The maximum Gasteiger partial charge on any atom is 0.0112 e. The smallest absolute Gasteiger partial charge is 0.0112 e. The first-order valence-corrected chi connectivity index (χ1v) is 7.01. The van der Waals surface area contributed by atoms with Crippen LogP contribution in [0.3, 0.4) is 0 Å². The summed E-state index contributed by atoms with van der Waals surface area (Å²) in [5.74, 6) is 0. The SMILES string of the molecule is CCCC(CC)NCCN(C(C)C)C(C)C. The fraction of sp³-hybridized carbons (Fsp3) is 1.00. The Morgan fingerprint density at radius 1 is 1.00 bits per heavy atom. The number of hydrogen-bond acceptors (Lipinski definition) is 2. The Morgan fingerprint density at radius 3 is 1.94 bits per heavy atom. The Labute approximate surface area is 103 Å². The number of nitrogens with one attached hydrogen (secondary N) is 1. The second-order valence-electron chi connectivity index (χ2n) is 5.27. The molecule has 1 N–H and O–H groups in total. The molecule has 0 saturated heterocycles. The summed E-state index contributed by atoms with van der Waals surface area (Å²) < 4.78 is 0. The van der Waals surface area contributed by atoms with Crippen molar-refractivity contribution in [3.63, 3.8) is 0 Å². The molecule has 2 heteroatoms. The van der Waals surface area contributed by atoms with Crippen LogP contribution in [0.5, 0.6) is 0 Å². The second-order valence-corrected chi connectivity index (χ2v) is 5.27. The molecule has 2 nitrogen and oxygen atoms in total. The summed E-state index contributed by atoms with van der Waals surface area (Å²) >= 11 is 0. The molecule has 0 aromatic heterocycles. The average Bonchev–Trinajstić information content (AvgIpc) is 2.21. The maximum absolute atomic E-state index is 3.67. The minimum Gasteiger partial charge on any atom is -0.313 e. The Bertz CT molecular complexity index is 147. The normalized spacial score (nSPS) is 14.1. The van der Waals surface area contributed by atoms with Crippen LogP contribution in [-0.2, 0) is 0 Å². The molecular formula is C14H32N2. The molecule has 0 aliphatic heterocycles. The van der Waals surface area contributed by atoms with Gasteiger partial charge in [0.05, 0.1) is 0 Å². The van der Waals surface area contributed by atoms with Gasteiger partial charge in [0.2, 0.25) is 0 Å². The zero-order valence-electron chi connectivity index (χ0n) is 12.2. The van der Waals surface area contributed by atoms with Crippen LogP contribution >= 0.6 is 0 Å². The van der Waals surface area contributed by atoms with Crippen molar-refractivity contribution in [2.24, 2.45) is 0 Å². The van der Waals surface area contributed by atoms with Crippen LogP contribution in [0.15, 0.2) is 0 Å². The van der Waals surface area contributed by atoms with E-state index in [4.69, 9.17) is 0 Å². The topological polar surface area (TPSA) is 15.3 Å². The first-order chi connectivity index (χ1) is 7.52. The van der Waals surface area contributed by atoms with Crippen LogP contribution in [0.25, 0.3) is 0 Å². The van der Waals surface area contributed by atoms with Crippen molar-refractivity contribution in [3.05, 3.63) is 0 Å². The first-order valence-electron chi connectivity index (χ1n) is 7.01. The van der Waals surface area contributed by atoms with E-state index in [1.54, 1.807) is 0 Å². The van der Waals surface area contributed by atoms with Crippen molar-refractivity contribution in [3.8, 4) is 0 Å². The molecule has 0 rings (SSSR count). The van der Waals surface area contributed by atoms with Crippen molar-refractivity contribution >= 4 is 0 Å². The molecule has 0 spiro atoms. The van der Waals surface area contributed by atoms with Crippen LogP contribution in [-0.4, -0.2) is 36.1 Å². The van der Waals surface area contributed by atoms with E-state index in [0.717, 1.165) is 13.1 Å². The van der Waals surface area contributed by atoms with E-state index in [1.165, 1.54) is 19.3 Å². The van der Waals surface area contributed by atoms with Gasteiger partial charge in [0.15, 0.2) is 0 Å². The molecule has 0 saturated carbocycles. The van der Waals surface area contributed by atoms with Gasteiger partial charge in [-0.25, -0.2) is 0 Å². The van der Waals surface area contributed by atoms with Gasteiger partial charge >= 0.3 is 0 Å². The average molecular weight is 228 g/mol. The van der Waals surface area contributed by atoms with Crippen molar-refractivity contribution < 1.29 is 0 Å². The third kappa shape index (κ3) is 6.49. The van der Waals surface area contributed by atoms with Crippen molar-refractivity contribution in [2.45, 2.75) is 78.9 Å². The lowest BCUT2D eigenvalue weighted by Crippen LogP contribution is -2.43. The van der Waals surface area contributed by atoms with E-state index in [-0.39, 0.29) is 0 Å². The summed E-state index contributed by atoms with van der Waals surface area (Å²) in [6.45, 7) is 15.9. The molecule has 1 atom stereocenters. The summed E-state index contributed by atoms with van der Waals surface area (Å²) in [7, 11) is 0. The summed E-state index contributed by atoms with van der Waals surface area (Å²) in [4.78, 5) is 2.55. The van der Waals surface area contributed by atoms with Gasteiger partial charge in [-0.2, -0.15) is 0 Å². The fourth-order valence-corrected chi connectivity index (χ4v) is 2.31. The minimum absolute atomic E-state index is 0.646. The van der Waals surface area contributed by atoms with Gasteiger partial charge in [-0.3, -0.25) is 4.90 Å². The van der Waals surface area contributed by atoms with Gasteiger partial charge in [0, 0.05) is 31.2 Å². The Kier molecular flexibility index (Phi) is 8.96. The Morgan fingerprint density at radius 2 is 1.56 bits per heavy atom. The first kappa shape index (κ1) is 15.9. The van der Waals surface area contributed by atoms with E-state index >= 15 is 0 Å². The number of rotatable bonds is 9. The largest absolute Gasteiger partial charge is 0.313 e. The summed E-state index contributed by atoms with van der Waals surface area (Å²) in [6, 6.07) is 2.01. The van der Waals surface area contributed by atoms with Gasteiger partial charge in [-0.1, -0.05) is 20.3 Å². The van der Waals surface area contributed by atoms with E-state index in [0.29, 0.717) is 18.1 Å². The van der Waals surface area contributed by atoms with Crippen molar-refractivity contribution in [1.82, 2.24) is 10.2 Å². The van der Waals surface area contributed by atoms with Gasteiger partial charge in [-0.15, -0.1) is 0 Å². The molecule has 98 valence electrons. The summed E-state index contributed by atoms with van der Waals surface area (Å²) in [5, 5.41) is 3.67. The molecule has 1 unspecified atom stereocenters. The molecule has 16 heavy (non-hydrogen) atoms. The van der Waals surface area contributed by atoms with Gasteiger partial charge in [-0.05, 0) is 40.5 Å². The van der Waals surface area contributed by atoms with Gasteiger partial charge in [0.25, 0.3) is 0 Å². The molecule has 0 amide bonds. The van der Waals surface area contributed by atoms with Gasteiger partial charge < -0.3 is 5.32 Å². The standard InChI is InChI=1S/C14H32N2/c1-7-9-14(8-2)15-10-11-16(12(3)4)13(5)6/h12-15H,7-11H2,1-6H3. The fourth-order valence-electron chi connectivity index (χ4n) is 2.31. The monoisotopic (exact) mass is 228 g/mol. The lowest BCUT2D eigenvalue weighted by Gasteiger charge is -2.31. The number of hydrogen-bond donors (Lipinski definition) is 1.